The smallest absolute Gasteiger partial charge is 0.315 e. The zero-order valence-electron chi connectivity index (χ0n) is 11.4. The molecule has 0 bridgehead atoms. The van der Waals surface area contributed by atoms with Crippen molar-refractivity contribution in [3.63, 3.8) is 0 Å². The topological polar surface area (TPSA) is 87.7 Å². The first-order chi connectivity index (χ1) is 8.49. The molecule has 2 amide bonds. The highest BCUT2D eigenvalue weighted by Crippen LogP contribution is 2.01. The lowest BCUT2D eigenvalue weighted by Gasteiger charge is -2.18. The molecular formula is C12H24N2O4. The molecule has 0 aromatic rings. The maximum Gasteiger partial charge on any atom is 0.315 e. The number of carboxylic acid groups (broad SMARTS) is 1. The van der Waals surface area contributed by atoms with Crippen LogP contribution in [0.1, 0.15) is 33.6 Å². The standard InChI is InChI=1S/C12H24N2O4/c1-4-5-7-18-8-6-13-12(17)14-10(3)9(2)11(15)16/h9-10H,4-8H2,1-3H3,(H,15,16)(H2,13,14,17). The van der Waals surface area contributed by atoms with Crippen molar-refractivity contribution in [3.05, 3.63) is 0 Å². The van der Waals surface area contributed by atoms with Gasteiger partial charge in [-0.3, -0.25) is 4.79 Å². The number of hydrogen-bond acceptors (Lipinski definition) is 3. The second-order valence-corrected chi connectivity index (χ2v) is 4.28. The Morgan fingerprint density at radius 1 is 1.28 bits per heavy atom. The van der Waals surface area contributed by atoms with Gasteiger partial charge in [-0.2, -0.15) is 0 Å². The molecule has 0 rings (SSSR count). The molecule has 2 unspecified atom stereocenters. The molecule has 0 heterocycles. The van der Waals surface area contributed by atoms with Crippen LogP contribution in [0.4, 0.5) is 4.79 Å². The van der Waals surface area contributed by atoms with Gasteiger partial charge in [0.15, 0.2) is 0 Å². The van der Waals surface area contributed by atoms with Crippen molar-refractivity contribution in [1.82, 2.24) is 10.6 Å². The molecule has 6 heteroatoms. The third-order valence-corrected chi connectivity index (χ3v) is 2.67. The molecule has 0 aromatic carbocycles. The van der Waals surface area contributed by atoms with Crippen molar-refractivity contribution in [2.75, 3.05) is 19.8 Å². The molecule has 0 aromatic heterocycles. The van der Waals surface area contributed by atoms with Gasteiger partial charge in [0.25, 0.3) is 0 Å². The first-order valence-electron chi connectivity index (χ1n) is 6.34. The van der Waals surface area contributed by atoms with E-state index in [1.165, 1.54) is 0 Å². The van der Waals surface area contributed by atoms with E-state index in [4.69, 9.17) is 9.84 Å². The Kier molecular flexibility index (Phi) is 9.00. The summed E-state index contributed by atoms with van der Waals surface area (Å²) in [6, 6.07) is -0.779. The largest absolute Gasteiger partial charge is 0.481 e. The van der Waals surface area contributed by atoms with Gasteiger partial charge >= 0.3 is 12.0 Å². The number of ether oxygens (including phenoxy) is 1. The molecule has 0 saturated heterocycles. The number of unbranched alkanes of at least 4 members (excludes halogenated alkanes) is 1. The minimum absolute atomic E-state index is 0.366. The molecular weight excluding hydrogens is 236 g/mol. The Labute approximate surface area is 108 Å². The normalized spacial score (nSPS) is 13.7. The van der Waals surface area contributed by atoms with E-state index in [9.17, 15) is 9.59 Å². The van der Waals surface area contributed by atoms with Gasteiger partial charge in [0.05, 0.1) is 12.5 Å². The highest BCUT2D eigenvalue weighted by molar-refractivity contribution is 5.76. The highest BCUT2D eigenvalue weighted by atomic mass is 16.5. The van der Waals surface area contributed by atoms with Crippen molar-refractivity contribution in [2.45, 2.75) is 39.7 Å². The molecule has 0 spiro atoms. The fourth-order valence-electron chi connectivity index (χ4n) is 1.18. The predicted octanol–water partition coefficient (Wildman–Crippen LogP) is 1.21. The molecule has 0 saturated carbocycles. The van der Waals surface area contributed by atoms with Gasteiger partial charge in [-0.15, -0.1) is 0 Å². The summed E-state index contributed by atoms with van der Waals surface area (Å²) in [5, 5.41) is 14.0. The number of carbonyl (C=O) groups excluding carboxylic acids is 1. The Balaban J connectivity index is 3.62. The third kappa shape index (κ3) is 7.89. The van der Waals surface area contributed by atoms with Gasteiger partial charge in [-0.1, -0.05) is 13.3 Å². The SMILES string of the molecule is CCCCOCCNC(=O)NC(C)C(C)C(=O)O. The van der Waals surface area contributed by atoms with E-state index in [-0.39, 0.29) is 6.03 Å². The average Bonchev–Trinajstić information content (AvgIpc) is 2.32. The average molecular weight is 260 g/mol. The summed E-state index contributed by atoms with van der Waals surface area (Å²) in [7, 11) is 0. The van der Waals surface area contributed by atoms with Crippen LogP contribution < -0.4 is 10.6 Å². The summed E-state index contributed by atoms with van der Waals surface area (Å²) in [6.45, 7) is 6.89. The lowest BCUT2D eigenvalue weighted by molar-refractivity contribution is -0.141. The second-order valence-electron chi connectivity index (χ2n) is 4.28. The second kappa shape index (κ2) is 9.70. The molecule has 18 heavy (non-hydrogen) atoms. The number of urea groups is 1. The number of aliphatic carboxylic acids is 1. The van der Waals surface area contributed by atoms with Crippen LogP contribution >= 0.6 is 0 Å². The monoisotopic (exact) mass is 260 g/mol. The number of nitrogens with one attached hydrogen (secondary N) is 2. The zero-order chi connectivity index (χ0) is 14.0. The fraction of sp³-hybridized carbons (Fsp3) is 0.833. The summed E-state index contributed by atoms with van der Waals surface area (Å²) in [4.78, 5) is 22.1. The summed E-state index contributed by atoms with van der Waals surface area (Å²) in [5.41, 5.74) is 0. The first kappa shape index (κ1) is 16.7. The number of carbonyl (C=O) groups is 2. The zero-order valence-corrected chi connectivity index (χ0v) is 11.4. The van der Waals surface area contributed by atoms with Crippen molar-refractivity contribution >= 4 is 12.0 Å². The molecule has 0 aliphatic carbocycles. The van der Waals surface area contributed by atoms with E-state index in [1.807, 2.05) is 0 Å². The van der Waals surface area contributed by atoms with Crippen LogP contribution in [0.25, 0.3) is 0 Å². The van der Waals surface area contributed by atoms with Crippen LogP contribution in [0.15, 0.2) is 0 Å². The molecule has 6 nitrogen and oxygen atoms in total. The summed E-state index contributed by atoms with van der Waals surface area (Å²) in [5.74, 6) is -1.54. The molecule has 0 aliphatic heterocycles. The van der Waals surface area contributed by atoms with Crippen LogP contribution in [0.3, 0.4) is 0 Å². The van der Waals surface area contributed by atoms with E-state index in [1.54, 1.807) is 13.8 Å². The minimum atomic E-state index is -0.925. The van der Waals surface area contributed by atoms with Crippen LogP contribution in [0, 0.1) is 5.92 Å². The van der Waals surface area contributed by atoms with Crippen LogP contribution in [0.5, 0.6) is 0 Å². The van der Waals surface area contributed by atoms with Crippen molar-refractivity contribution in [2.24, 2.45) is 5.92 Å². The van der Waals surface area contributed by atoms with Crippen LogP contribution in [0.2, 0.25) is 0 Å². The van der Waals surface area contributed by atoms with E-state index in [0.29, 0.717) is 19.8 Å². The number of hydrogen-bond donors (Lipinski definition) is 3. The van der Waals surface area contributed by atoms with E-state index >= 15 is 0 Å². The third-order valence-electron chi connectivity index (χ3n) is 2.67. The van der Waals surface area contributed by atoms with Gasteiger partial charge in [0.2, 0.25) is 0 Å². The molecule has 0 aliphatic rings. The maximum atomic E-state index is 11.4. The van der Waals surface area contributed by atoms with Gasteiger partial charge in [0.1, 0.15) is 0 Å². The molecule has 2 atom stereocenters. The van der Waals surface area contributed by atoms with E-state index < -0.39 is 17.9 Å². The van der Waals surface area contributed by atoms with Gasteiger partial charge in [-0.25, -0.2) is 4.79 Å². The van der Waals surface area contributed by atoms with Crippen molar-refractivity contribution in [1.29, 1.82) is 0 Å². The highest BCUT2D eigenvalue weighted by Gasteiger charge is 2.20. The Morgan fingerprint density at radius 2 is 1.94 bits per heavy atom. The number of rotatable bonds is 9. The summed E-state index contributed by atoms with van der Waals surface area (Å²) >= 11 is 0. The predicted molar refractivity (Wildman–Crippen MR) is 68.5 cm³/mol. The number of amides is 2. The van der Waals surface area contributed by atoms with Crippen molar-refractivity contribution < 1.29 is 19.4 Å². The Hall–Kier alpha value is -1.30. The quantitative estimate of drug-likeness (QED) is 0.544. The van der Waals surface area contributed by atoms with Gasteiger partial charge in [-0.05, 0) is 20.3 Å². The lowest BCUT2D eigenvalue weighted by Crippen LogP contribution is -2.46. The minimum Gasteiger partial charge on any atom is -0.481 e. The van der Waals surface area contributed by atoms with E-state index in [0.717, 1.165) is 12.8 Å². The summed E-state index contributed by atoms with van der Waals surface area (Å²) in [6.07, 6.45) is 2.10. The van der Waals surface area contributed by atoms with E-state index in [2.05, 4.69) is 17.6 Å². The van der Waals surface area contributed by atoms with Gasteiger partial charge < -0.3 is 20.5 Å². The van der Waals surface area contributed by atoms with Crippen LogP contribution in [-0.4, -0.2) is 42.9 Å². The Bertz CT molecular complexity index is 258. The molecule has 3 N–H and O–H groups in total. The first-order valence-corrected chi connectivity index (χ1v) is 6.34. The van der Waals surface area contributed by atoms with Crippen LogP contribution in [-0.2, 0) is 9.53 Å². The Morgan fingerprint density at radius 3 is 2.50 bits per heavy atom. The maximum absolute atomic E-state index is 11.4. The van der Waals surface area contributed by atoms with Gasteiger partial charge in [0, 0.05) is 19.2 Å². The lowest BCUT2D eigenvalue weighted by atomic mass is 10.0. The summed E-state index contributed by atoms with van der Waals surface area (Å²) < 4.78 is 5.28. The van der Waals surface area contributed by atoms with Crippen molar-refractivity contribution in [3.8, 4) is 0 Å². The molecule has 106 valence electrons. The molecule has 0 radical (unpaired) electrons. The number of carboxylic acids is 1. The molecule has 0 fully saturated rings. The fourth-order valence-corrected chi connectivity index (χ4v) is 1.18.